The zero-order valence-corrected chi connectivity index (χ0v) is 27.4. The van der Waals surface area contributed by atoms with Gasteiger partial charge in [-0.3, -0.25) is 9.00 Å². The third-order valence-electron chi connectivity index (χ3n) is 8.63. The molecule has 1 fully saturated rings. The summed E-state index contributed by atoms with van der Waals surface area (Å²) in [5.41, 5.74) is 3.54. The topological polar surface area (TPSA) is 94.5 Å². The predicted molar refractivity (Wildman–Crippen MR) is 174 cm³/mol. The van der Waals surface area contributed by atoms with Crippen LogP contribution < -0.4 is 9.64 Å². The largest absolute Gasteiger partial charge is 0.509 e. The maximum Gasteiger partial charge on any atom is 0.509 e. The lowest BCUT2D eigenvalue weighted by molar-refractivity contribution is -0.0241. The Kier molecular flexibility index (Phi) is 10.9. The molecule has 3 aliphatic rings. The number of carbonyl (C=O) groups excluding carboxylic acids is 2. The van der Waals surface area contributed by atoms with Gasteiger partial charge in [0.05, 0.1) is 18.4 Å². The number of halogens is 1. The van der Waals surface area contributed by atoms with E-state index in [4.69, 9.17) is 25.8 Å². The highest BCUT2D eigenvalue weighted by atomic mass is 35.5. The van der Waals surface area contributed by atoms with Crippen molar-refractivity contribution in [2.45, 2.75) is 78.0 Å². The molecule has 1 saturated carbocycles. The lowest BCUT2D eigenvalue weighted by Crippen LogP contribution is -2.44. The SMILES string of the molecule is CC(C)OC(=O)O[C@H]1/C=C/C[C@H](C)C/[SH](=O)=N\C(=O)c2ccc3c(c2)N(Cc2ccc(Cl)cc2CCCCO3)C[C@@H]2CC[C@H]21. The fraction of sp³-hybridized carbons (Fsp3) is 0.529. The zero-order valence-electron chi connectivity index (χ0n) is 25.7. The molecule has 0 saturated heterocycles. The highest BCUT2D eigenvalue weighted by Gasteiger charge is 2.40. The van der Waals surface area contributed by atoms with E-state index in [0.29, 0.717) is 42.5 Å². The van der Waals surface area contributed by atoms with Gasteiger partial charge in [-0.15, -0.1) is 0 Å². The minimum absolute atomic E-state index is 0.0321. The molecular formula is C34H43ClN2O6S. The maximum atomic E-state index is 13.2. The molecule has 0 spiro atoms. The normalized spacial score (nSPS) is 27.2. The number of benzene rings is 2. The number of nitrogens with zero attached hydrogens (tertiary/aromatic N) is 2. The number of amides is 1. The van der Waals surface area contributed by atoms with Crippen molar-refractivity contribution < 1.29 is 28.0 Å². The summed E-state index contributed by atoms with van der Waals surface area (Å²) >= 11 is 6.42. The second-order valence-corrected chi connectivity index (χ2v) is 14.2. The van der Waals surface area contributed by atoms with E-state index in [2.05, 4.69) is 15.3 Å². The number of thiol groups is 1. The summed E-state index contributed by atoms with van der Waals surface area (Å²) in [6.45, 7) is 7.38. The summed E-state index contributed by atoms with van der Waals surface area (Å²) in [5.74, 6) is 0.848. The molecule has 1 unspecified atom stereocenters. The molecule has 2 aromatic rings. The van der Waals surface area contributed by atoms with Crippen LogP contribution >= 0.6 is 11.6 Å². The number of rotatable bonds is 2. The molecule has 1 amide bonds. The molecule has 10 heteroatoms. The molecule has 5 atom stereocenters. The summed E-state index contributed by atoms with van der Waals surface area (Å²) in [5, 5.41) is 0.709. The highest BCUT2D eigenvalue weighted by Crippen LogP contribution is 2.42. The quantitative estimate of drug-likeness (QED) is 0.207. The lowest BCUT2D eigenvalue weighted by atomic mass is 9.70. The van der Waals surface area contributed by atoms with Gasteiger partial charge in [0.15, 0.2) is 0 Å². The Morgan fingerprint density at radius 3 is 2.75 bits per heavy atom. The summed E-state index contributed by atoms with van der Waals surface area (Å²) < 4.78 is 34.5. The van der Waals surface area contributed by atoms with Gasteiger partial charge >= 0.3 is 6.16 Å². The summed E-state index contributed by atoms with van der Waals surface area (Å²) in [7, 11) is -2.09. The van der Waals surface area contributed by atoms with Gasteiger partial charge in [0.25, 0.3) is 5.91 Å². The summed E-state index contributed by atoms with van der Waals surface area (Å²) in [6, 6.07) is 11.4. The van der Waals surface area contributed by atoms with Crippen LogP contribution in [0.25, 0.3) is 0 Å². The van der Waals surface area contributed by atoms with Crippen molar-refractivity contribution in [2.75, 3.05) is 23.8 Å². The average molecular weight is 643 g/mol. The number of ether oxygens (including phenoxy) is 3. The molecule has 0 radical (unpaired) electrons. The van der Waals surface area contributed by atoms with Crippen molar-refractivity contribution in [1.29, 1.82) is 0 Å². The third-order valence-corrected chi connectivity index (χ3v) is 10.2. The monoisotopic (exact) mass is 642 g/mol. The lowest BCUT2D eigenvalue weighted by Gasteiger charge is -2.43. The van der Waals surface area contributed by atoms with Crippen LogP contribution in [0.3, 0.4) is 0 Å². The van der Waals surface area contributed by atoms with Crippen molar-refractivity contribution >= 4 is 39.9 Å². The number of allylic oxidation sites excluding steroid dienone is 1. The number of fused-ring (bicyclic) bond motifs is 3. The number of aryl methyl sites for hydroxylation is 1. The minimum atomic E-state index is -2.09. The van der Waals surface area contributed by atoms with E-state index in [0.717, 1.165) is 37.8 Å². The van der Waals surface area contributed by atoms with Crippen LogP contribution in [0.4, 0.5) is 10.5 Å². The van der Waals surface area contributed by atoms with E-state index in [-0.39, 0.29) is 29.6 Å². The Morgan fingerprint density at radius 2 is 1.98 bits per heavy atom. The van der Waals surface area contributed by atoms with Crippen molar-refractivity contribution in [3.05, 3.63) is 70.3 Å². The predicted octanol–water partition coefficient (Wildman–Crippen LogP) is 7.42. The van der Waals surface area contributed by atoms with E-state index >= 15 is 0 Å². The minimum Gasteiger partial charge on any atom is -0.491 e. The smallest absolute Gasteiger partial charge is 0.491 e. The first kappa shape index (κ1) is 32.4. The second-order valence-electron chi connectivity index (χ2n) is 12.5. The number of anilines is 1. The average Bonchev–Trinajstić information content (AvgIpc) is 2.97. The van der Waals surface area contributed by atoms with Crippen LogP contribution in [0.5, 0.6) is 5.75 Å². The van der Waals surface area contributed by atoms with E-state index in [9.17, 15) is 13.8 Å². The molecule has 5 rings (SSSR count). The van der Waals surface area contributed by atoms with Crippen molar-refractivity contribution in [1.82, 2.24) is 0 Å². The molecular weight excluding hydrogens is 600 g/mol. The maximum absolute atomic E-state index is 13.2. The first-order valence-electron chi connectivity index (χ1n) is 15.7. The highest BCUT2D eigenvalue weighted by molar-refractivity contribution is 7.75. The molecule has 238 valence electrons. The summed E-state index contributed by atoms with van der Waals surface area (Å²) in [4.78, 5) is 28.1. The van der Waals surface area contributed by atoms with Crippen molar-refractivity contribution in [2.24, 2.45) is 22.1 Å². The molecule has 1 aliphatic carbocycles. The summed E-state index contributed by atoms with van der Waals surface area (Å²) in [6.07, 6.45) is 7.79. The van der Waals surface area contributed by atoms with E-state index in [1.165, 1.54) is 11.1 Å². The van der Waals surface area contributed by atoms with Gasteiger partial charge in [-0.25, -0.2) is 4.79 Å². The van der Waals surface area contributed by atoms with E-state index < -0.39 is 28.8 Å². The fourth-order valence-electron chi connectivity index (χ4n) is 6.18. The number of hydrogen-bond acceptors (Lipinski definition) is 7. The number of hydrogen-bond donors (Lipinski definition) is 1. The van der Waals surface area contributed by atoms with Gasteiger partial charge in [0.2, 0.25) is 0 Å². The molecule has 44 heavy (non-hydrogen) atoms. The van der Waals surface area contributed by atoms with Gasteiger partial charge in [0.1, 0.15) is 11.9 Å². The molecule has 8 nitrogen and oxygen atoms in total. The first-order chi connectivity index (χ1) is 21.2. The Hall–Kier alpha value is -3.04. The standard InChI is InChI=1S/C34H43ClN2O6S/c1-22(2)42-34(39)43-31-9-6-7-23(3)21-44(40)36-33(38)25-12-15-32-30(18-25)37(20-27-11-14-29(27)31)19-26-10-13-28(35)17-24(26)8-4-5-16-41-32/h6,9-10,12-13,15,17-18,22-23,27,29,31,44H,4-5,7-8,11,14,16,19-21H2,1-3H3/b9-6+/t23-,27-,29+,31-/m0/s1. The van der Waals surface area contributed by atoms with Gasteiger partial charge in [-0.05, 0) is 112 Å². The Balaban J connectivity index is 1.57. The third kappa shape index (κ3) is 8.36. The molecule has 2 aliphatic heterocycles. The van der Waals surface area contributed by atoms with Crippen molar-refractivity contribution in [3.8, 4) is 5.75 Å². The van der Waals surface area contributed by atoms with Crippen LogP contribution in [0.15, 0.2) is 52.9 Å². The molecule has 2 aromatic carbocycles. The van der Waals surface area contributed by atoms with Crippen LogP contribution in [-0.4, -0.2) is 47.4 Å². The Morgan fingerprint density at radius 1 is 1.14 bits per heavy atom. The van der Waals surface area contributed by atoms with Gasteiger partial charge in [-0.2, -0.15) is 4.36 Å². The van der Waals surface area contributed by atoms with Gasteiger partial charge in [-0.1, -0.05) is 30.7 Å². The molecule has 2 bridgehead atoms. The number of carbonyl (C=O) groups is 2. The van der Waals surface area contributed by atoms with E-state index in [1.54, 1.807) is 19.9 Å². The van der Waals surface area contributed by atoms with Crippen LogP contribution in [0.2, 0.25) is 5.02 Å². The first-order valence-corrected chi connectivity index (χ1v) is 17.5. The molecule has 2 heterocycles. The fourth-order valence-corrected chi connectivity index (χ4v) is 7.45. The van der Waals surface area contributed by atoms with Gasteiger partial charge in [0, 0.05) is 45.9 Å². The van der Waals surface area contributed by atoms with Crippen LogP contribution in [0, 0.1) is 17.8 Å². The zero-order chi connectivity index (χ0) is 31.2. The van der Waals surface area contributed by atoms with Crippen molar-refractivity contribution in [3.63, 3.8) is 0 Å². The van der Waals surface area contributed by atoms with E-state index in [1.807, 2.05) is 43.3 Å². The molecule has 0 N–H and O–H groups in total. The van der Waals surface area contributed by atoms with Crippen LogP contribution in [0.1, 0.15) is 74.4 Å². The van der Waals surface area contributed by atoms with Crippen LogP contribution in [-0.2, 0) is 33.0 Å². The Bertz CT molecular complexity index is 1470. The second kappa shape index (κ2) is 14.8. The van der Waals surface area contributed by atoms with Gasteiger partial charge < -0.3 is 19.1 Å². The Labute approximate surface area is 267 Å². The molecule has 0 aromatic heterocycles.